The highest BCUT2D eigenvalue weighted by Crippen LogP contribution is 2.24. The van der Waals surface area contributed by atoms with Gasteiger partial charge in [-0.3, -0.25) is 4.79 Å². The highest BCUT2D eigenvalue weighted by molar-refractivity contribution is 5.99. The summed E-state index contributed by atoms with van der Waals surface area (Å²) in [6, 6.07) is 16.3. The van der Waals surface area contributed by atoms with Crippen LogP contribution in [0.4, 0.5) is 5.82 Å². The topological polar surface area (TPSA) is 104 Å². The van der Waals surface area contributed by atoms with Gasteiger partial charge in [-0.1, -0.05) is 42.0 Å². The van der Waals surface area contributed by atoms with E-state index < -0.39 is 12.0 Å². The van der Waals surface area contributed by atoms with Crippen LogP contribution in [0.3, 0.4) is 0 Å². The molecule has 2 aromatic carbocycles. The molecule has 0 bridgehead atoms. The number of hydrogen-bond donors (Lipinski definition) is 3. The second kappa shape index (κ2) is 11.1. The van der Waals surface area contributed by atoms with Gasteiger partial charge < -0.3 is 20.2 Å². The SMILES string of the molecule is Cc1ccnc(NCc2cc(-c3ccc(CC(NC(=O)c4c(C)cc(C)cc4C)C(=O)O)cc3)co2)c1. The van der Waals surface area contributed by atoms with Crippen molar-refractivity contribution in [2.24, 2.45) is 0 Å². The maximum absolute atomic E-state index is 12.9. The number of aryl methyl sites for hydroxylation is 4. The zero-order valence-corrected chi connectivity index (χ0v) is 21.5. The van der Waals surface area contributed by atoms with Gasteiger partial charge in [-0.25, -0.2) is 9.78 Å². The van der Waals surface area contributed by atoms with Gasteiger partial charge in [0.2, 0.25) is 0 Å². The van der Waals surface area contributed by atoms with E-state index in [1.807, 2.05) is 82.3 Å². The fourth-order valence-electron chi connectivity index (χ4n) is 4.47. The Kier molecular flexibility index (Phi) is 7.72. The fraction of sp³-hybridized carbons (Fsp3) is 0.233. The van der Waals surface area contributed by atoms with Crippen LogP contribution >= 0.6 is 0 Å². The zero-order chi connectivity index (χ0) is 26.5. The van der Waals surface area contributed by atoms with Crippen LogP contribution in [0.2, 0.25) is 0 Å². The van der Waals surface area contributed by atoms with Crippen molar-refractivity contribution in [1.82, 2.24) is 10.3 Å². The first-order valence-corrected chi connectivity index (χ1v) is 12.1. The number of carboxylic acids is 1. The van der Waals surface area contributed by atoms with Crippen molar-refractivity contribution in [3.63, 3.8) is 0 Å². The first-order valence-electron chi connectivity index (χ1n) is 12.1. The van der Waals surface area contributed by atoms with Crippen LogP contribution in [-0.2, 0) is 17.8 Å². The van der Waals surface area contributed by atoms with Crippen molar-refractivity contribution < 1.29 is 19.1 Å². The molecule has 4 aromatic rings. The van der Waals surface area contributed by atoms with E-state index in [2.05, 4.69) is 15.6 Å². The number of amides is 1. The largest absolute Gasteiger partial charge is 0.480 e. The average molecular weight is 498 g/mol. The predicted octanol–water partition coefficient (Wildman–Crippen LogP) is 5.61. The van der Waals surface area contributed by atoms with Gasteiger partial charge in [-0.15, -0.1) is 0 Å². The number of anilines is 1. The standard InChI is InChI=1S/C30H31N3O4/c1-18-9-10-31-27(13-18)32-16-25-15-24(17-37-25)23-7-5-22(6-8-23)14-26(30(35)36)33-29(34)28-20(3)11-19(2)12-21(28)4/h5-13,15,17,26H,14,16H2,1-4H3,(H,31,32)(H,33,34)(H,35,36). The predicted molar refractivity (Wildman–Crippen MR) is 144 cm³/mol. The third-order valence-corrected chi connectivity index (χ3v) is 6.25. The number of nitrogens with zero attached hydrogens (tertiary/aromatic N) is 1. The summed E-state index contributed by atoms with van der Waals surface area (Å²) in [6.45, 7) is 8.21. The molecule has 1 unspecified atom stereocenters. The lowest BCUT2D eigenvalue weighted by Crippen LogP contribution is -2.42. The Morgan fingerprint density at radius 3 is 2.27 bits per heavy atom. The summed E-state index contributed by atoms with van der Waals surface area (Å²) in [7, 11) is 0. The van der Waals surface area contributed by atoms with Crippen LogP contribution in [0.5, 0.6) is 0 Å². The summed E-state index contributed by atoms with van der Waals surface area (Å²) in [4.78, 5) is 29.1. The summed E-state index contributed by atoms with van der Waals surface area (Å²) in [6.07, 6.45) is 3.63. The molecule has 2 heterocycles. The lowest BCUT2D eigenvalue weighted by molar-refractivity contribution is -0.139. The number of pyridine rings is 1. The summed E-state index contributed by atoms with van der Waals surface area (Å²) in [5.41, 5.74) is 7.05. The Hall–Kier alpha value is -4.39. The maximum Gasteiger partial charge on any atom is 0.326 e. The number of furan rings is 1. The highest BCUT2D eigenvalue weighted by Gasteiger charge is 2.23. The van der Waals surface area contributed by atoms with Crippen molar-refractivity contribution in [3.05, 3.63) is 106 Å². The molecule has 37 heavy (non-hydrogen) atoms. The molecule has 0 spiro atoms. The van der Waals surface area contributed by atoms with Crippen molar-refractivity contribution in [3.8, 4) is 11.1 Å². The van der Waals surface area contributed by atoms with Gasteiger partial charge in [-0.05, 0) is 73.7 Å². The zero-order valence-electron chi connectivity index (χ0n) is 21.5. The van der Waals surface area contributed by atoms with Gasteiger partial charge in [0.05, 0.1) is 12.8 Å². The van der Waals surface area contributed by atoms with Crippen LogP contribution in [-0.4, -0.2) is 28.0 Å². The van der Waals surface area contributed by atoms with Crippen molar-refractivity contribution in [1.29, 1.82) is 0 Å². The number of aliphatic carboxylic acids is 1. The van der Waals surface area contributed by atoms with Crippen LogP contribution in [0, 0.1) is 27.7 Å². The second-order valence-corrected chi connectivity index (χ2v) is 9.41. The van der Waals surface area contributed by atoms with Gasteiger partial charge >= 0.3 is 5.97 Å². The van der Waals surface area contributed by atoms with Crippen LogP contribution in [0.25, 0.3) is 11.1 Å². The Bertz CT molecular complexity index is 1400. The highest BCUT2D eigenvalue weighted by atomic mass is 16.4. The lowest BCUT2D eigenvalue weighted by Gasteiger charge is -2.17. The average Bonchev–Trinajstić information content (AvgIpc) is 3.31. The maximum atomic E-state index is 12.9. The van der Waals surface area contributed by atoms with E-state index >= 15 is 0 Å². The van der Waals surface area contributed by atoms with E-state index in [1.165, 1.54) is 0 Å². The van der Waals surface area contributed by atoms with Crippen LogP contribution < -0.4 is 10.6 Å². The summed E-state index contributed by atoms with van der Waals surface area (Å²) < 4.78 is 5.69. The molecule has 0 radical (unpaired) electrons. The fourth-order valence-corrected chi connectivity index (χ4v) is 4.47. The van der Waals surface area contributed by atoms with Gasteiger partial charge in [0, 0.05) is 23.7 Å². The Morgan fingerprint density at radius 2 is 1.62 bits per heavy atom. The third-order valence-electron chi connectivity index (χ3n) is 6.25. The van der Waals surface area contributed by atoms with Gasteiger partial charge in [0.25, 0.3) is 5.91 Å². The minimum atomic E-state index is -1.07. The number of carbonyl (C=O) groups excluding carboxylic acids is 1. The molecule has 0 fully saturated rings. The summed E-state index contributed by atoms with van der Waals surface area (Å²) in [5, 5.41) is 15.7. The molecule has 0 aliphatic rings. The molecule has 0 aliphatic heterocycles. The van der Waals surface area contributed by atoms with E-state index in [0.717, 1.165) is 50.5 Å². The first-order chi connectivity index (χ1) is 17.7. The van der Waals surface area contributed by atoms with E-state index in [4.69, 9.17) is 4.42 Å². The minimum absolute atomic E-state index is 0.176. The molecule has 0 saturated heterocycles. The molecule has 2 aromatic heterocycles. The first kappa shape index (κ1) is 25.7. The van der Waals surface area contributed by atoms with E-state index in [-0.39, 0.29) is 12.3 Å². The quantitative estimate of drug-likeness (QED) is 0.278. The molecule has 4 rings (SSSR count). The summed E-state index contributed by atoms with van der Waals surface area (Å²) in [5.74, 6) is 0.113. The Labute approximate surface area is 216 Å². The summed E-state index contributed by atoms with van der Waals surface area (Å²) >= 11 is 0. The van der Waals surface area contributed by atoms with Crippen molar-refractivity contribution >= 4 is 17.7 Å². The lowest BCUT2D eigenvalue weighted by atomic mass is 9.98. The number of rotatable bonds is 9. The Morgan fingerprint density at radius 1 is 0.919 bits per heavy atom. The van der Waals surface area contributed by atoms with Crippen molar-refractivity contribution in [2.75, 3.05) is 5.32 Å². The van der Waals surface area contributed by atoms with E-state index in [9.17, 15) is 14.7 Å². The van der Waals surface area contributed by atoms with Crippen molar-refractivity contribution in [2.45, 2.75) is 46.7 Å². The smallest absolute Gasteiger partial charge is 0.326 e. The molecule has 0 aliphatic carbocycles. The monoisotopic (exact) mass is 497 g/mol. The number of carbonyl (C=O) groups is 2. The third kappa shape index (κ3) is 6.44. The molecule has 190 valence electrons. The molecular formula is C30H31N3O4. The number of nitrogens with one attached hydrogen (secondary N) is 2. The van der Waals surface area contributed by atoms with E-state index in [0.29, 0.717) is 12.1 Å². The Balaban J connectivity index is 1.40. The number of carboxylic acid groups (broad SMARTS) is 1. The molecule has 1 atom stereocenters. The van der Waals surface area contributed by atoms with Gasteiger partial charge in [-0.2, -0.15) is 0 Å². The number of benzene rings is 2. The van der Waals surface area contributed by atoms with Crippen LogP contribution in [0.1, 0.15) is 43.9 Å². The molecule has 0 saturated carbocycles. The number of hydrogen-bond acceptors (Lipinski definition) is 5. The molecule has 7 nitrogen and oxygen atoms in total. The molecular weight excluding hydrogens is 466 g/mol. The van der Waals surface area contributed by atoms with Crippen LogP contribution in [0.15, 0.2) is 71.5 Å². The minimum Gasteiger partial charge on any atom is -0.480 e. The normalized spacial score (nSPS) is 11.7. The van der Waals surface area contributed by atoms with E-state index in [1.54, 1.807) is 12.5 Å². The molecule has 3 N–H and O–H groups in total. The van der Waals surface area contributed by atoms with Gasteiger partial charge in [0.15, 0.2) is 0 Å². The number of aromatic nitrogens is 1. The van der Waals surface area contributed by atoms with Gasteiger partial charge in [0.1, 0.15) is 17.6 Å². The second-order valence-electron chi connectivity index (χ2n) is 9.41. The molecule has 7 heteroatoms. The molecule has 1 amide bonds.